The Bertz CT molecular complexity index is 591. The van der Waals surface area contributed by atoms with E-state index < -0.39 is 0 Å². The Labute approximate surface area is 113 Å². The van der Waals surface area contributed by atoms with Gasteiger partial charge in [-0.15, -0.1) is 0 Å². The predicted octanol–water partition coefficient (Wildman–Crippen LogP) is 3.11. The number of carbonyl (C=O) groups is 1. The molecule has 96 valence electrons. The number of benzene rings is 2. The molecule has 0 spiro atoms. The fourth-order valence-corrected chi connectivity index (χ4v) is 2.50. The SMILES string of the molecule is Cc1cccc(CC(=O)C2Cc3ccccc3O2)c1. The molecule has 2 aromatic rings. The molecule has 0 fully saturated rings. The number of hydrogen-bond acceptors (Lipinski definition) is 2. The van der Waals surface area contributed by atoms with Gasteiger partial charge in [-0.2, -0.15) is 0 Å². The topological polar surface area (TPSA) is 26.3 Å². The predicted molar refractivity (Wildman–Crippen MR) is 74.5 cm³/mol. The zero-order valence-electron chi connectivity index (χ0n) is 10.9. The average Bonchev–Trinajstić information content (AvgIpc) is 2.82. The molecule has 0 aliphatic carbocycles. The molecule has 0 radical (unpaired) electrons. The number of ketones is 1. The van der Waals surface area contributed by atoms with Crippen molar-refractivity contribution in [3.63, 3.8) is 0 Å². The van der Waals surface area contributed by atoms with Crippen molar-refractivity contribution in [2.75, 3.05) is 0 Å². The highest BCUT2D eigenvalue weighted by Crippen LogP contribution is 2.28. The van der Waals surface area contributed by atoms with Crippen molar-refractivity contribution in [3.05, 3.63) is 65.2 Å². The van der Waals surface area contributed by atoms with Gasteiger partial charge in [0, 0.05) is 12.8 Å². The van der Waals surface area contributed by atoms with Crippen LogP contribution in [0.4, 0.5) is 0 Å². The van der Waals surface area contributed by atoms with Gasteiger partial charge in [0.1, 0.15) is 5.75 Å². The molecule has 1 aliphatic heterocycles. The number of ether oxygens (including phenoxy) is 1. The number of carbonyl (C=O) groups excluding carboxylic acids is 1. The lowest BCUT2D eigenvalue weighted by Crippen LogP contribution is -2.26. The van der Waals surface area contributed by atoms with Crippen LogP contribution in [0.3, 0.4) is 0 Å². The first-order valence-electron chi connectivity index (χ1n) is 6.55. The maximum atomic E-state index is 12.3. The highest BCUT2D eigenvalue weighted by molar-refractivity contribution is 5.86. The standard InChI is InChI=1S/C17H16O2/c1-12-5-4-6-13(9-12)10-15(18)17-11-14-7-2-3-8-16(14)19-17/h2-9,17H,10-11H2,1H3. The smallest absolute Gasteiger partial charge is 0.177 e. The van der Waals surface area contributed by atoms with Crippen molar-refractivity contribution in [2.45, 2.75) is 25.9 Å². The van der Waals surface area contributed by atoms with E-state index >= 15 is 0 Å². The first kappa shape index (κ1) is 12.0. The molecule has 0 N–H and O–H groups in total. The van der Waals surface area contributed by atoms with Gasteiger partial charge in [0.25, 0.3) is 0 Å². The summed E-state index contributed by atoms with van der Waals surface area (Å²) in [6, 6.07) is 15.9. The third-order valence-corrected chi connectivity index (χ3v) is 3.47. The normalized spacial score (nSPS) is 16.8. The Morgan fingerprint density at radius 3 is 2.84 bits per heavy atom. The van der Waals surface area contributed by atoms with Gasteiger partial charge in [0.05, 0.1) is 0 Å². The number of hydrogen-bond donors (Lipinski definition) is 0. The third kappa shape index (κ3) is 2.53. The van der Waals surface area contributed by atoms with Crippen molar-refractivity contribution in [3.8, 4) is 5.75 Å². The highest BCUT2D eigenvalue weighted by Gasteiger charge is 2.28. The third-order valence-electron chi connectivity index (χ3n) is 3.47. The molecule has 0 bridgehead atoms. The zero-order chi connectivity index (χ0) is 13.2. The lowest BCUT2D eigenvalue weighted by Gasteiger charge is -2.09. The van der Waals surface area contributed by atoms with E-state index in [9.17, 15) is 4.79 Å². The minimum absolute atomic E-state index is 0.154. The van der Waals surface area contributed by atoms with Crippen molar-refractivity contribution in [1.29, 1.82) is 0 Å². The van der Waals surface area contributed by atoms with Crippen LogP contribution in [0.2, 0.25) is 0 Å². The van der Waals surface area contributed by atoms with Gasteiger partial charge in [0.2, 0.25) is 0 Å². The van der Waals surface area contributed by atoms with E-state index in [-0.39, 0.29) is 11.9 Å². The molecule has 0 saturated heterocycles. The van der Waals surface area contributed by atoms with Crippen LogP contribution in [0.1, 0.15) is 16.7 Å². The van der Waals surface area contributed by atoms with Crippen molar-refractivity contribution < 1.29 is 9.53 Å². The van der Waals surface area contributed by atoms with Crippen LogP contribution in [0.15, 0.2) is 48.5 Å². The van der Waals surface area contributed by atoms with Gasteiger partial charge in [-0.05, 0) is 24.1 Å². The minimum Gasteiger partial charge on any atom is -0.482 e. The van der Waals surface area contributed by atoms with Crippen LogP contribution in [-0.2, 0) is 17.6 Å². The molecule has 1 unspecified atom stereocenters. The van der Waals surface area contributed by atoms with E-state index in [2.05, 4.69) is 6.07 Å². The summed E-state index contributed by atoms with van der Waals surface area (Å²) in [6.07, 6.45) is 0.819. The van der Waals surface area contributed by atoms with Gasteiger partial charge in [-0.1, -0.05) is 48.0 Å². The van der Waals surface area contributed by atoms with E-state index in [0.29, 0.717) is 12.8 Å². The minimum atomic E-state index is -0.321. The van der Waals surface area contributed by atoms with Crippen molar-refractivity contribution in [2.24, 2.45) is 0 Å². The largest absolute Gasteiger partial charge is 0.482 e. The fourth-order valence-electron chi connectivity index (χ4n) is 2.50. The highest BCUT2D eigenvalue weighted by atomic mass is 16.5. The summed E-state index contributed by atoms with van der Waals surface area (Å²) in [6.45, 7) is 2.04. The van der Waals surface area contributed by atoms with Gasteiger partial charge in [-0.25, -0.2) is 0 Å². The van der Waals surface area contributed by atoms with E-state index in [1.807, 2.05) is 49.4 Å². The molecule has 2 aromatic carbocycles. The lowest BCUT2D eigenvalue weighted by atomic mass is 10.0. The van der Waals surface area contributed by atoms with Gasteiger partial charge in [0.15, 0.2) is 11.9 Å². The van der Waals surface area contributed by atoms with Crippen LogP contribution >= 0.6 is 0 Å². The Balaban J connectivity index is 1.70. The quantitative estimate of drug-likeness (QED) is 0.839. The number of Topliss-reactive ketones (excluding diaryl/α,β-unsaturated/α-hetero) is 1. The second-order valence-corrected chi connectivity index (χ2v) is 5.05. The molecule has 0 saturated carbocycles. The monoisotopic (exact) mass is 252 g/mol. The zero-order valence-corrected chi connectivity index (χ0v) is 10.9. The molecule has 0 aromatic heterocycles. The summed E-state index contributed by atoms with van der Waals surface area (Å²) in [4.78, 5) is 12.3. The van der Waals surface area contributed by atoms with E-state index in [1.54, 1.807) is 0 Å². The van der Waals surface area contributed by atoms with Crippen LogP contribution in [0.25, 0.3) is 0 Å². The average molecular weight is 252 g/mol. The molecular formula is C17H16O2. The summed E-state index contributed by atoms with van der Waals surface area (Å²) in [5, 5.41) is 0. The van der Waals surface area contributed by atoms with Gasteiger partial charge in [-0.3, -0.25) is 4.79 Å². The van der Waals surface area contributed by atoms with E-state index in [4.69, 9.17) is 4.74 Å². The van der Waals surface area contributed by atoms with E-state index in [1.165, 1.54) is 5.56 Å². The van der Waals surface area contributed by atoms with Crippen molar-refractivity contribution in [1.82, 2.24) is 0 Å². The summed E-state index contributed by atoms with van der Waals surface area (Å²) in [5.74, 6) is 1.01. The summed E-state index contributed by atoms with van der Waals surface area (Å²) >= 11 is 0. The van der Waals surface area contributed by atoms with Crippen molar-refractivity contribution >= 4 is 5.78 Å². The molecule has 1 atom stereocenters. The summed E-state index contributed by atoms with van der Waals surface area (Å²) in [7, 11) is 0. The van der Waals surface area contributed by atoms with Crippen LogP contribution in [0.5, 0.6) is 5.75 Å². The van der Waals surface area contributed by atoms with Crippen LogP contribution in [0, 0.1) is 6.92 Å². The van der Waals surface area contributed by atoms with E-state index in [0.717, 1.165) is 16.9 Å². The second-order valence-electron chi connectivity index (χ2n) is 5.05. The van der Waals surface area contributed by atoms with Crippen LogP contribution < -0.4 is 4.74 Å². The maximum Gasteiger partial charge on any atom is 0.177 e. The fraction of sp³-hybridized carbons (Fsp3) is 0.235. The summed E-state index contributed by atoms with van der Waals surface area (Å²) < 4.78 is 5.72. The number of rotatable bonds is 3. The molecular weight excluding hydrogens is 236 g/mol. The second kappa shape index (κ2) is 4.88. The molecule has 0 amide bonds. The first-order valence-corrected chi connectivity index (χ1v) is 6.55. The Kier molecular flexibility index (Phi) is 3.08. The Morgan fingerprint density at radius 2 is 2.05 bits per heavy atom. The summed E-state index contributed by atoms with van der Waals surface area (Å²) in [5.41, 5.74) is 3.37. The first-order chi connectivity index (χ1) is 9.22. The number of aryl methyl sites for hydroxylation is 1. The van der Waals surface area contributed by atoms with Gasteiger partial charge >= 0.3 is 0 Å². The molecule has 2 heteroatoms. The number of fused-ring (bicyclic) bond motifs is 1. The molecule has 1 heterocycles. The molecule has 1 aliphatic rings. The molecule has 2 nitrogen and oxygen atoms in total. The Hall–Kier alpha value is -2.09. The molecule has 19 heavy (non-hydrogen) atoms. The van der Waals surface area contributed by atoms with Crippen LogP contribution in [-0.4, -0.2) is 11.9 Å². The van der Waals surface area contributed by atoms with Gasteiger partial charge < -0.3 is 4.74 Å². The molecule has 3 rings (SSSR count). The number of para-hydroxylation sites is 1. The lowest BCUT2D eigenvalue weighted by molar-refractivity contribution is -0.124. The Morgan fingerprint density at radius 1 is 1.21 bits per heavy atom. The maximum absolute atomic E-state index is 12.3.